The molecular formula is C86H102Br2N2S7. The first-order valence-electron chi connectivity index (χ1n) is 36.9. The first-order chi connectivity index (χ1) is 47.6. The van der Waals surface area contributed by atoms with Crippen LogP contribution in [0.25, 0.3) is 100 Å². The van der Waals surface area contributed by atoms with Crippen LogP contribution in [0.1, 0.15) is 271 Å². The van der Waals surface area contributed by atoms with Crippen LogP contribution in [0.5, 0.6) is 0 Å². The van der Waals surface area contributed by atoms with Gasteiger partial charge in [0.25, 0.3) is 0 Å². The van der Waals surface area contributed by atoms with E-state index in [1.807, 2.05) is 68.0 Å². The van der Waals surface area contributed by atoms with E-state index in [2.05, 4.69) is 219 Å². The van der Waals surface area contributed by atoms with Crippen molar-refractivity contribution in [3.05, 3.63) is 180 Å². The van der Waals surface area contributed by atoms with E-state index >= 15 is 0 Å². The van der Waals surface area contributed by atoms with Crippen LogP contribution < -0.4 is 0 Å². The highest BCUT2D eigenvalue weighted by Gasteiger charge is 2.23. The number of hydrogen-bond acceptors (Lipinski definition) is 9. The lowest BCUT2D eigenvalue weighted by Crippen LogP contribution is -1.87. The monoisotopic (exact) mass is 1540 g/mol. The number of aryl methyl sites for hydroxylation is 6. The average molecular weight is 1550 g/mol. The summed E-state index contributed by atoms with van der Waals surface area (Å²) in [5.41, 5.74) is 18.3. The van der Waals surface area contributed by atoms with Crippen molar-refractivity contribution in [2.24, 2.45) is 0 Å². The molecule has 0 unspecified atom stereocenters. The van der Waals surface area contributed by atoms with E-state index in [-0.39, 0.29) is 0 Å². The minimum Gasteiger partial charge on any atom is -0.172 e. The largest absolute Gasteiger partial charge is 0.172 e. The minimum atomic E-state index is 1.03. The summed E-state index contributed by atoms with van der Waals surface area (Å²) in [7, 11) is 0. The topological polar surface area (TPSA) is 25.8 Å². The first kappa shape index (κ1) is 75.3. The molecule has 0 aliphatic rings. The number of halogens is 2. The number of thiophene rings is 6. The molecule has 0 aliphatic heterocycles. The molecule has 0 atom stereocenters. The summed E-state index contributed by atoms with van der Waals surface area (Å²) in [5, 5.41) is 0. The molecule has 0 saturated carbocycles. The zero-order valence-electron chi connectivity index (χ0n) is 58.6. The molecule has 0 N–H and O–H groups in total. The standard InChI is InChI=1S/C86H102Br2N2S7/c1-7-13-19-25-31-65-55-79(91-73(65)51-45-61-37-41-63(42-38-61)47-53-75-67(59-81(87)93-75)33-27-21-15-9-3)85-69(35-29-23-17-11-5)57-77(95-85)71-49-50-72(84-83(71)89-97-90-84)78-58-70(36-30-24-18-12-6)86(96-78)80-56-66(32-26-20-14-8-2)74(92-80)52-46-62-39-43-64(44-40-62)48-54-76-68(60-82(88)94-76)34-28-22-16-10-4/h37-60H,7-36H2,1-6H3/b51-45+,52-46+,53-47+,54-48+. The number of nitrogens with zero attached hydrogens (tertiary/aromatic N) is 2. The Morgan fingerprint density at radius 2 is 0.546 bits per heavy atom. The van der Waals surface area contributed by atoms with Gasteiger partial charge in [-0.05, 0) is 225 Å². The normalized spacial score (nSPS) is 12.2. The smallest absolute Gasteiger partial charge is 0.114 e. The van der Waals surface area contributed by atoms with Crippen LogP contribution in [0, 0.1) is 0 Å². The van der Waals surface area contributed by atoms with Crippen LogP contribution in [0.15, 0.2) is 105 Å². The highest BCUT2D eigenvalue weighted by atomic mass is 79.9. The van der Waals surface area contributed by atoms with Gasteiger partial charge in [0.15, 0.2) is 0 Å². The number of hydrogen-bond donors (Lipinski definition) is 0. The van der Waals surface area contributed by atoms with Gasteiger partial charge in [0.05, 0.1) is 19.3 Å². The fourth-order valence-electron chi connectivity index (χ4n) is 13.0. The predicted molar refractivity (Wildman–Crippen MR) is 450 cm³/mol. The summed E-state index contributed by atoms with van der Waals surface area (Å²) in [6.45, 7) is 13.8. The Balaban J connectivity index is 0.922. The molecule has 512 valence electrons. The molecule has 0 fully saturated rings. The van der Waals surface area contributed by atoms with E-state index in [4.69, 9.17) is 8.75 Å². The van der Waals surface area contributed by atoms with Crippen molar-refractivity contribution >= 4 is 171 Å². The molecule has 0 saturated heterocycles. The summed E-state index contributed by atoms with van der Waals surface area (Å²) in [6, 6.07) is 37.8. The van der Waals surface area contributed by atoms with Gasteiger partial charge in [0.1, 0.15) is 11.0 Å². The summed E-state index contributed by atoms with van der Waals surface area (Å²) in [5.74, 6) is 0. The molecule has 0 bridgehead atoms. The highest BCUT2D eigenvalue weighted by Crippen LogP contribution is 2.49. The summed E-state index contributed by atoms with van der Waals surface area (Å²) in [4.78, 5) is 13.8. The summed E-state index contributed by atoms with van der Waals surface area (Å²) >= 11 is 20.5. The van der Waals surface area contributed by atoms with Gasteiger partial charge in [-0.15, -0.1) is 68.0 Å². The molecule has 11 heteroatoms. The second-order valence-corrected chi connectivity index (χ2v) is 36.2. The lowest BCUT2D eigenvalue weighted by atomic mass is 10.0. The van der Waals surface area contributed by atoms with Crippen molar-refractivity contribution in [2.45, 2.75) is 234 Å². The quantitative estimate of drug-likeness (QED) is 0.0356. The zero-order chi connectivity index (χ0) is 67.6. The molecule has 3 aromatic carbocycles. The van der Waals surface area contributed by atoms with Crippen LogP contribution in [0.2, 0.25) is 0 Å². The third kappa shape index (κ3) is 22.1. The van der Waals surface area contributed by atoms with Crippen molar-refractivity contribution in [1.82, 2.24) is 8.75 Å². The first-order valence-corrected chi connectivity index (χ1v) is 44.1. The third-order valence-electron chi connectivity index (χ3n) is 18.7. The fourth-order valence-corrected chi connectivity index (χ4v) is 21.9. The Labute approximate surface area is 628 Å². The van der Waals surface area contributed by atoms with E-state index in [9.17, 15) is 0 Å². The van der Waals surface area contributed by atoms with Gasteiger partial charge >= 0.3 is 0 Å². The number of rotatable bonds is 42. The number of unbranched alkanes of at least 4 members (excludes halogenated alkanes) is 18. The van der Waals surface area contributed by atoms with Gasteiger partial charge in [-0.1, -0.05) is 242 Å². The van der Waals surface area contributed by atoms with Crippen LogP contribution >= 0.6 is 112 Å². The predicted octanol–water partition coefficient (Wildman–Crippen LogP) is 31.7. The average Bonchev–Trinajstić information content (AvgIpc) is 1.63. The zero-order valence-corrected chi connectivity index (χ0v) is 67.5. The molecule has 10 aromatic rings. The maximum atomic E-state index is 5.17. The number of benzene rings is 3. The Morgan fingerprint density at radius 1 is 0.278 bits per heavy atom. The van der Waals surface area contributed by atoms with Crippen molar-refractivity contribution < 1.29 is 0 Å². The molecule has 2 nitrogen and oxygen atoms in total. The Morgan fingerprint density at radius 3 is 0.845 bits per heavy atom. The van der Waals surface area contributed by atoms with E-state index < -0.39 is 0 Å². The molecule has 10 rings (SSSR count). The Kier molecular flexibility index (Phi) is 31.3. The fraction of sp³-hybridized carbons (Fsp3) is 0.419. The van der Waals surface area contributed by atoms with Crippen LogP contribution in [0.3, 0.4) is 0 Å². The van der Waals surface area contributed by atoms with Crippen molar-refractivity contribution in [3.8, 4) is 40.4 Å². The van der Waals surface area contributed by atoms with E-state index in [0.717, 1.165) is 49.6 Å². The molecule has 0 spiro atoms. The van der Waals surface area contributed by atoms with Crippen LogP contribution in [-0.4, -0.2) is 8.75 Å². The molecule has 7 aromatic heterocycles. The van der Waals surface area contributed by atoms with Gasteiger partial charge in [-0.2, -0.15) is 8.75 Å². The van der Waals surface area contributed by atoms with Crippen molar-refractivity contribution in [1.29, 1.82) is 0 Å². The maximum absolute atomic E-state index is 5.17. The van der Waals surface area contributed by atoms with Crippen LogP contribution in [-0.2, 0) is 38.5 Å². The third-order valence-corrected chi connectivity index (χ3v) is 27.6. The van der Waals surface area contributed by atoms with Gasteiger partial charge in [-0.25, -0.2) is 0 Å². The summed E-state index contributed by atoms with van der Waals surface area (Å²) < 4.78 is 12.8. The Bertz CT molecular complexity index is 3860. The van der Waals surface area contributed by atoms with Gasteiger partial charge in [0, 0.05) is 59.9 Å². The van der Waals surface area contributed by atoms with Gasteiger partial charge < -0.3 is 0 Å². The molecule has 0 amide bonds. The van der Waals surface area contributed by atoms with E-state index in [1.54, 1.807) is 0 Å². The maximum Gasteiger partial charge on any atom is 0.114 e. The van der Waals surface area contributed by atoms with Gasteiger partial charge in [0.2, 0.25) is 0 Å². The van der Waals surface area contributed by atoms with Crippen molar-refractivity contribution in [3.63, 3.8) is 0 Å². The molecular weight excluding hydrogens is 1450 g/mol. The van der Waals surface area contributed by atoms with E-state index in [0.29, 0.717) is 0 Å². The second-order valence-electron chi connectivity index (χ2n) is 26.5. The highest BCUT2D eigenvalue weighted by molar-refractivity contribution is 9.11. The number of fused-ring (bicyclic) bond motifs is 1. The Hall–Kier alpha value is -4.40. The number of aromatic nitrogens is 2. The second kappa shape index (κ2) is 40.3. The van der Waals surface area contributed by atoms with Gasteiger partial charge in [-0.3, -0.25) is 0 Å². The molecule has 0 radical (unpaired) electrons. The van der Waals surface area contributed by atoms with E-state index in [1.165, 1.54) is 289 Å². The minimum absolute atomic E-state index is 1.03. The molecule has 97 heavy (non-hydrogen) atoms. The lowest BCUT2D eigenvalue weighted by molar-refractivity contribution is 0.667. The van der Waals surface area contributed by atoms with Crippen molar-refractivity contribution in [2.75, 3.05) is 0 Å². The molecule has 7 heterocycles. The lowest BCUT2D eigenvalue weighted by Gasteiger charge is -2.03. The molecule has 0 aliphatic carbocycles. The SMILES string of the molecule is CCCCCCc1cc(Br)sc1/C=C/c1ccc(/C=C/c2sc(-c3sc(-c4ccc(-c5cc(CCCCCC)c(-c6cc(CCCCCC)c(/C=C/c7ccc(/C=C/c8sc(Br)cc8CCCCCC)cc7)s6)s5)c5nsnc45)cc3CCCCCC)cc2CCCCCC)cc1. The van der Waals surface area contributed by atoms with Crippen LogP contribution in [0.4, 0.5) is 0 Å². The summed E-state index contributed by atoms with van der Waals surface area (Å²) in [6.07, 6.45) is 55.6.